The number of nitrogens with zero attached hydrogens (tertiary/aromatic N) is 3. The number of hydrogen-bond donors (Lipinski definition) is 1. The summed E-state index contributed by atoms with van der Waals surface area (Å²) in [6, 6.07) is 22.6. The van der Waals surface area contributed by atoms with Crippen molar-refractivity contribution >= 4 is 17.2 Å². The summed E-state index contributed by atoms with van der Waals surface area (Å²) < 4.78 is 1.19. The number of hydrogen-bond acceptors (Lipinski definition) is 5. The van der Waals surface area contributed by atoms with Crippen molar-refractivity contribution in [2.24, 2.45) is 0 Å². The van der Waals surface area contributed by atoms with E-state index in [0.29, 0.717) is 18.7 Å². The van der Waals surface area contributed by atoms with Crippen molar-refractivity contribution in [1.82, 2.24) is 20.1 Å². The van der Waals surface area contributed by atoms with E-state index in [1.807, 2.05) is 66.0 Å². The zero-order valence-corrected chi connectivity index (χ0v) is 17.0. The van der Waals surface area contributed by atoms with Crippen molar-refractivity contribution in [2.75, 3.05) is 6.54 Å². The highest BCUT2D eigenvalue weighted by molar-refractivity contribution is 7.13. The number of thiazole rings is 1. The first-order chi connectivity index (χ1) is 14.7. The van der Waals surface area contributed by atoms with Crippen LogP contribution in [0.3, 0.4) is 0 Å². The molecule has 2 aromatic heterocycles. The van der Waals surface area contributed by atoms with Crippen LogP contribution in [0.1, 0.15) is 5.69 Å². The Bertz CT molecular complexity index is 1190. The molecule has 7 heteroatoms. The molecule has 0 unspecified atom stereocenters. The van der Waals surface area contributed by atoms with Gasteiger partial charge in [-0.25, -0.2) is 9.67 Å². The van der Waals surface area contributed by atoms with Gasteiger partial charge in [-0.2, -0.15) is 5.10 Å². The Kier molecular flexibility index (Phi) is 6.10. The van der Waals surface area contributed by atoms with Gasteiger partial charge >= 0.3 is 0 Å². The summed E-state index contributed by atoms with van der Waals surface area (Å²) in [4.78, 5) is 29.0. The predicted octanol–water partition coefficient (Wildman–Crippen LogP) is 3.39. The lowest BCUT2D eigenvalue weighted by molar-refractivity contribution is -0.121. The monoisotopic (exact) mass is 416 g/mol. The predicted molar refractivity (Wildman–Crippen MR) is 118 cm³/mol. The van der Waals surface area contributed by atoms with Crippen LogP contribution in [0, 0.1) is 0 Å². The number of aromatic nitrogens is 3. The highest BCUT2D eigenvalue weighted by atomic mass is 32.1. The summed E-state index contributed by atoms with van der Waals surface area (Å²) in [7, 11) is 0. The second-order valence-electron chi connectivity index (χ2n) is 6.69. The normalized spacial score (nSPS) is 10.7. The minimum absolute atomic E-state index is 0.119. The fourth-order valence-electron chi connectivity index (χ4n) is 2.98. The fourth-order valence-corrected chi connectivity index (χ4v) is 3.84. The third-order valence-corrected chi connectivity index (χ3v) is 5.45. The zero-order valence-electron chi connectivity index (χ0n) is 16.2. The Hall–Kier alpha value is -3.58. The molecule has 0 fully saturated rings. The average molecular weight is 417 g/mol. The first kappa shape index (κ1) is 19.7. The lowest BCUT2D eigenvalue weighted by atomic mass is 10.1. The van der Waals surface area contributed by atoms with Crippen molar-refractivity contribution in [3.8, 4) is 21.8 Å². The van der Waals surface area contributed by atoms with E-state index in [1.165, 1.54) is 10.7 Å². The van der Waals surface area contributed by atoms with Gasteiger partial charge in [0.2, 0.25) is 5.91 Å². The number of rotatable bonds is 7. The highest BCUT2D eigenvalue weighted by Crippen LogP contribution is 2.23. The molecule has 2 aromatic carbocycles. The molecule has 1 amide bonds. The first-order valence-corrected chi connectivity index (χ1v) is 10.5. The van der Waals surface area contributed by atoms with Crippen molar-refractivity contribution in [3.63, 3.8) is 0 Å². The van der Waals surface area contributed by atoms with Crippen LogP contribution in [-0.2, 0) is 17.8 Å². The van der Waals surface area contributed by atoms with Crippen LogP contribution >= 0.6 is 11.3 Å². The fraction of sp³-hybridized carbons (Fsp3) is 0.130. The van der Waals surface area contributed by atoms with Crippen LogP contribution in [0.15, 0.2) is 83.0 Å². The topological polar surface area (TPSA) is 76.9 Å². The van der Waals surface area contributed by atoms with E-state index in [-0.39, 0.29) is 18.0 Å². The maximum absolute atomic E-state index is 12.3. The van der Waals surface area contributed by atoms with Crippen LogP contribution in [0.25, 0.3) is 21.8 Å². The van der Waals surface area contributed by atoms with Gasteiger partial charge in [-0.05, 0) is 6.07 Å². The van der Waals surface area contributed by atoms with Gasteiger partial charge in [0.15, 0.2) is 0 Å². The summed E-state index contributed by atoms with van der Waals surface area (Å²) >= 11 is 1.59. The SMILES string of the molecule is O=C(Cn1nc(-c2ccccc2)ccc1=O)NCCc1csc(-c2ccccc2)n1. The van der Waals surface area contributed by atoms with Crippen LogP contribution in [0.5, 0.6) is 0 Å². The smallest absolute Gasteiger partial charge is 0.267 e. The molecule has 0 bridgehead atoms. The largest absolute Gasteiger partial charge is 0.354 e. The third kappa shape index (κ3) is 4.87. The van der Waals surface area contributed by atoms with Crippen LogP contribution in [0.2, 0.25) is 0 Å². The van der Waals surface area contributed by atoms with E-state index >= 15 is 0 Å². The van der Waals surface area contributed by atoms with Gasteiger partial charge in [-0.15, -0.1) is 11.3 Å². The van der Waals surface area contributed by atoms with Crippen molar-refractivity contribution in [1.29, 1.82) is 0 Å². The molecule has 0 aliphatic carbocycles. The molecule has 0 spiro atoms. The quantitative estimate of drug-likeness (QED) is 0.501. The summed E-state index contributed by atoms with van der Waals surface area (Å²) in [6.07, 6.45) is 0.626. The van der Waals surface area contributed by atoms with Gasteiger partial charge in [0, 0.05) is 35.5 Å². The summed E-state index contributed by atoms with van der Waals surface area (Å²) in [6.45, 7) is 0.329. The molecule has 0 aliphatic heterocycles. The third-order valence-electron chi connectivity index (χ3n) is 4.51. The summed E-state index contributed by atoms with van der Waals surface area (Å²) in [5.41, 5.74) is 3.25. The number of carbonyl (C=O) groups is 1. The molecule has 4 aromatic rings. The van der Waals surface area contributed by atoms with E-state index in [9.17, 15) is 9.59 Å². The van der Waals surface area contributed by atoms with Crippen molar-refractivity contribution in [3.05, 3.63) is 94.2 Å². The highest BCUT2D eigenvalue weighted by Gasteiger charge is 2.09. The lowest BCUT2D eigenvalue weighted by Crippen LogP contribution is -2.34. The molecule has 30 heavy (non-hydrogen) atoms. The Morgan fingerprint density at radius 2 is 1.63 bits per heavy atom. The lowest BCUT2D eigenvalue weighted by Gasteiger charge is -2.08. The molecule has 1 N–H and O–H groups in total. The molecule has 2 heterocycles. The Labute approximate surface area is 177 Å². The first-order valence-electron chi connectivity index (χ1n) is 9.59. The van der Waals surface area contributed by atoms with Crippen molar-refractivity contribution < 1.29 is 4.79 Å². The number of amides is 1. The minimum Gasteiger partial charge on any atom is -0.354 e. The van der Waals surface area contributed by atoms with Gasteiger partial charge in [0.05, 0.1) is 11.4 Å². The van der Waals surface area contributed by atoms with E-state index < -0.39 is 0 Å². The maximum atomic E-state index is 12.3. The van der Waals surface area contributed by atoms with Crippen LogP contribution < -0.4 is 10.9 Å². The molecular weight excluding hydrogens is 396 g/mol. The van der Waals surface area contributed by atoms with Crippen LogP contribution in [-0.4, -0.2) is 27.2 Å². The van der Waals surface area contributed by atoms with Crippen molar-refractivity contribution in [2.45, 2.75) is 13.0 Å². The second kappa shape index (κ2) is 9.28. The zero-order chi connectivity index (χ0) is 20.8. The molecule has 0 saturated carbocycles. The second-order valence-corrected chi connectivity index (χ2v) is 7.55. The molecule has 0 radical (unpaired) electrons. The van der Waals surface area contributed by atoms with Crippen LogP contribution in [0.4, 0.5) is 0 Å². The molecule has 6 nitrogen and oxygen atoms in total. The van der Waals surface area contributed by atoms with E-state index in [2.05, 4.69) is 15.4 Å². The van der Waals surface area contributed by atoms with E-state index in [4.69, 9.17) is 0 Å². The molecule has 0 aliphatic rings. The van der Waals surface area contributed by atoms with E-state index in [0.717, 1.165) is 21.8 Å². The average Bonchev–Trinajstić information content (AvgIpc) is 3.25. The van der Waals surface area contributed by atoms with Gasteiger partial charge in [0.1, 0.15) is 11.6 Å². The van der Waals surface area contributed by atoms with Gasteiger partial charge in [-0.1, -0.05) is 60.7 Å². The number of carbonyl (C=O) groups excluding carboxylic acids is 1. The van der Waals surface area contributed by atoms with E-state index in [1.54, 1.807) is 17.4 Å². The van der Waals surface area contributed by atoms with Gasteiger partial charge < -0.3 is 5.32 Å². The maximum Gasteiger partial charge on any atom is 0.267 e. The molecular formula is C23H20N4O2S. The van der Waals surface area contributed by atoms with Gasteiger partial charge in [-0.3, -0.25) is 9.59 Å². The Morgan fingerprint density at radius 1 is 0.933 bits per heavy atom. The number of benzene rings is 2. The molecule has 4 rings (SSSR count). The molecule has 150 valence electrons. The summed E-state index contributed by atoms with van der Waals surface area (Å²) in [5.74, 6) is -0.256. The number of nitrogens with one attached hydrogen (secondary N) is 1. The summed E-state index contributed by atoms with van der Waals surface area (Å²) in [5, 5.41) is 10.1. The Morgan fingerprint density at radius 3 is 2.37 bits per heavy atom. The Balaban J connectivity index is 1.33. The molecule has 0 saturated heterocycles. The van der Waals surface area contributed by atoms with Gasteiger partial charge in [0.25, 0.3) is 5.56 Å². The molecule has 0 atom stereocenters. The minimum atomic E-state index is -0.308. The standard InChI is InChI=1S/C23H20N4O2S/c28-21(15-27-22(29)12-11-20(26-27)17-7-3-1-4-8-17)24-14-13-19-16-30-23(25-19)18-9-5-2-6-10-18/h1-12,16H,13-15H2,(H,24,28).